The van der Waals surface area contributed by atoms with Crippen molar-refractivity contribution in [1.29, 1.82) is 5.26 Å². The van der Waals surface area contributed by atoms with Crippen molar-refractivity contribution in [3.05, 3.63) is 58.6 Å². The zero-order valence-electron chi connectivity index (χ0n) is 9.57. The van der Waals surface area contributed by atoms with Crippen LogP contribution in [0.1, 0.15) is 11.1 Å². The molecule has 0 saturated carbocycles. The lowest BCUT2D eigenvalue weighted by atomic mass is 9.99. The number of nitrogens with zero attached hydrogens (tertiary/aromatic N) is 1. The minimum atomic E-state index is 0.446. The normalized spacial score (nSPS) is 9.94. The lowest BCUT2D eigenvalue weighted by molar-refractivity contribution is 1.26. The largest absolute Gasteiger partial charge is 0.198 e. The fourth-order valence-electron chi connectivity index (χ4n) is 1.88. The Balaban J connectivity index is 2.44. The molecule has 0 amide bonds. The molecule has 2 aromatic rings. The number of hydrogen-bond acceptors (Lipinski definition) is 1. The molecule has 0 spiro atoms. The van der Waals surface area contributed by atoms with E-state index in [-0.39, 0.29) is 0 Å². The molecule has 2 aromatic carbocycles. The molecule has 0 aliphatic carbocycles. The van der Waals surface area contributed by atoms with Gasteiger partial charge in [0.25, 0.3) is 0 Å². The van der Waals surface area contributed by atoms with Crippen LogP contribution in [0.2, 0.25) is 5.02 Å². The molecule has 0 atom stereocenters. The van der Waals surface area contributed by atoms with Crippen LogP contribution in [0.25, 0.3) is 11.1 Å². The van der Waals surface area contributed by atoms with Crippen LogP contribution in [-0.4, -0.2) is 0 Å². The summed E-state index contributed by atoms with van der Waals surface area (Å²) >= 11 is 6.21. The lowest BCUT2D eigenvalue weighted by Gasteiger charge is -2.08. The lowest BCUT2D eigenvalue weighted by Crippen LogP contribution is -1.86. The molecule has 0 fully saturated rings. The average molecular weight is 242 g/mol. The summed E-state index contributed by atoms with van der Waals surface area (Å²) in [5.41, 5.74) is 4.35. The summed E-state index contributed by atoms with van der Waals surface area (Å²) in [4.78, 5) is 0. The first-order valence-electron chi connectivity index (χ1n) is 5.44. The van der Waals surface area contributed by atoms with Gasteiger partial charge in [-0.1, -0.05) is 48.0 Å². The minimum absolute atomic E-state index is 0.446. The molecule has 0 aromatic heterocycles. The fraction of sp³-hybridized carbons (Fsp3) is 0.133. The maximum absolute atomic E-state index is 8.62. The first-order valence-corrected chi connectivity index (χ1v) is 5.81. The summed E-state index contributed by atoms with van der Waals surface area (Å²) in [5.74, 6) is 0. The van der Waals surface area contributed by atoms with Crippen LogP contribution in [0.4, 0.5) is 0 Å². The van der Waals surface area contributed by atoms with Crippen molar-refractivity contribution >= 4 is 11.6 Å². The van der Waals surface area contributed by atoms with E-state index < -0.39 is 0 Å². The molecule has 0 radical (unpaired) electrons. The van der Waals surface area contributed by atoms with E-state index in [0.717, 1.165) is 27.3 Å². The molecule has 0 aliphatic heterocycles. The highest BCUT2D eigenvalue weighted by atomic mass is 35.5. The van der Waals surface area contributed by atoms with Crippen molar-refractivity contribution in [2.45, 2.75) is 13.3 Å². The van der Waals surface area contributed by atoms with Crippen LogP contribution < -0.4 is 0 Å². The predicted molar refractivity (Wildman–Crippen MR) is 70.9 cm³/mol. The molecule has 1 nitrogen and oxygen atoms in total. The van der Waals surface area contributed by atoms with Crippen molar-refractivity contribution in [2.24, 2.45) is 0 Å². The Bertz CT molecular complexity index is 544. The Morgan fingerprint density at radius 3 is 2.41 bits per heavy atom. The zero-order chi connectivity index (χ0) is 12.3. The van der Waals surface area contributed by atoms with Crippen molar-refractivity contribution in [3.8, 4) is 17.2 Å². The van der Waals surface area contributed by atoms with Gasteiger partial charge in [-0.2, -0.15) is 5.26 Å². The maximum Gasteiger partial charge on any atom is 0.0669 e. The summed E-state index contributed by atoms with van der Waals surface area (Å²) in [6.07, 6.45) is 0.446. The van der Waals surface area contributed by atoms with Gasteiger partial charge in [-0.05, 0) is 29.7 Å². The highest BCUT2D eigenvalue weighted by Gasteiger charge is 2.06. The molecule has 0 bridgehead atoms. The third-order valence-electron chi connectivity index (χ3n) is 2.75. The summed E-state index contributed by atoms with van der Waals surface area (Å²) < 4.78 is 0. The molecule has 0 aliphatic rings. The molecule has 2 rings (SSSR count). The Hall–Kier alpha value is -1.78. The zero-order valence-corrected chi connectivity index (χ0v) is 10.3. The highest BCUT2D eigenvalue weighted by molar-refractivity contribution is 6.33. The van der Waals surface area contributed by atoms with Crippen molar-refractivity contribution in [2.75, 3.05) is 0 Å². The monoisotopic (exact) mass is 241 g/mol. The van der Waals surface area contributed by atoms with Crippen molar-refractivity contribution in [3.63, 3.8) is 0 Å². The summed E-state index contributed by atoms with van der Waals surface area (Å²) in [6, 6.07) is 16.0. The van der Waals surface area contributed by atoms with E-state index in [0.29, 0.717) is 6.42 Å². The van der Waals surface area contributed by atoms with Crippen LogP contribution in [0.3, 0.4) is 0 Å². The van der Waals surface area contributed by atoms with Gasteiger partial charge in [0.2, 0.25) is 0 Å². The van der Waals surface area contributed by atoms with E-state index in [1.165, 1.54) is 0 Å². The number of benzene rings is 2. The molecular weight excluding hydrogens is 230 g/mol. The Kier molecular flexibility index (Phi) is 3.46. The standard InChI is InChI=1S/C15H12ClN/c1-11-3-2-4-14(16)15(11)13-7-5-12(6-8-13)9-10-17/h2-8H,9H2,1H3. The summed E-state index contributed by atoms with van der Waals surface area (Å²) in [6.45, 7) is 2.05. The van der Waals surface area contributed by atoms with Gasteiger partial charge >= 0.3 is 0 Å². The Labute approximate surface area is 106 Å². The van der Waals surface area contributed by atoms with Gasteiger partial charge in [-0.15, -0.1) is 0 Å². The quantitative estimate of drug-likeness (QED) is 0.765. The first kappa shape index (κ1) is 11.7. The number of halogens is 1. The molecule has 2 heteroatoms. The third-order valence-corrected chi connectivity index (χ3v) is 3.06. The van der Waals surface area contributed by atoms with Gasteiger partial charge in [0.1, 0.15) is 0 Å². The van der Waals surface area contributed by atoms with Gasteiger partial charge in [0, 0.05) is 10.6 Å². The summed E-state index contributed by atoms with van der Waals surface area (Å²) in [7, 11) is 0. The second-order valence-electron chi connectivity index (χ2n) is 3.96. The maximum atomic E-state index is 8.62. The smallest absolute Gasteiger partial charge is 0.0669 e. The van der Waals surface area contributed by atoms with E-state index in [2.05, 4.69) is 6.07 Å². The fourth-order valence-corrected chi connectivity index (χ4v) is 2.21. The van der Waals surface area contributed by atoms with Crippen LogP contribution >= 0.6 is 11.6 Å². The first-order chi connectivity index (χ1) is 8.22. The molecule has 0 N–H and O–H groups in total. The van der Waals surface area contributed by atoms with Crippen LogP contribution in [0, 0.1) is 18.3 Å². The number of hydrogen-bond donors (Lipinski definition) is 0. The number of aryl methyl sites for hydroxylation is 1. The molecule has 0 saturated heterocycles. The molecule has 0 unspecified atom stereocenters. The second-order valence-corrected chi connectivity index (χ2v) is 4.37. The van der Waals surface area contributed by atoms with Gasteiger partial charge in [0.05, 0.1) is 12.5 Å². The van der Waals surface area contributed by atoms with Gasteiger partial charge in [-0.25, -0.2) is 0 Å². The molecule has 84 valence electrons. The Morgan fingerprint density at radius 2 is 1.82 bits per heavy atom. The number of rotatable bonds is 2. The van der Waals surface area contributed by atoms with E-state index in [1.807, 2.05) is 49.4 Å². The van der Waals surface area contributed by atoms with E-state index in [4.69, 9.17) is 16.9 Å². The van der Waals surface area contributed by atoms with Crippen molar-refractivity contribution < 1.29 is 0 Å². The van der Waals surface area contributed by atoms with E-state index in [9.17, 15) is 0 Å². The van der Waals surface area contributed by atoms with Crippen LogP contribution in [0.5, 0.6) is 0 Å². The minimum Gasteiger partial charge on any atom is -0.198 e. The second kappa shape index (κ2) is 5.03. The van der Waals surface area contributed by atoms with E-state index >= 15 is 0 Å². The number of nitriles is 1. The SMILES string of the molecule is Cc1cccc(Cl)c1-c1ccc(CC#N)cc1. The van der Waals surface area contributed by atoms with Gasteiger partial charge < -0.3 is 0 Å². The average Bonchev–Trinajstić information content (AvgIpc) is 2.31. The van der Waals surface area contributed by atoms with Crippen LogP contribution in [-0.2, 0) is 6.42 Å². The van der Waals surface area contributed by atoms with Gasteiger partial charge in [0.15, 0.2) is 0 Å². The molecule has 17 heavy (non-hydrogen) atoms. The third kappa shape index (κ3) is 2.49. The molecule has 0 heterocycles. The predicted octanol–water partition coefficient (Wildman–Crippen LogP) is 4.38. The van der Waals surface area contributed by atoms with Crippen LogP contribution in [0.15, 0.2) is 42.5 Å². The Morgan fingerprint density at radius 1 is 1.12 bits per heavy atom. The topological polar surface area (TPSA) is 23.8 Å². The van der Waals surface area contributed by atoms with Crippen molar-refractivity contribution in [1.82, 2.24) is 0 Å². The van der Waals surface area contributed by atoms with E-state index in [1.54, 1.807) is 0 Å². The molecular formula is C15H12ClN. The highest BCUT2D eigenvalue weighted by Crippen LogP contribution is 2.31. The summed E-state index contributed by atoms with van der Waals surface area (Å²) in [5, 5.41) is 9.39. The van der Waals surface area contributed by atoms with Gasteiger partial charge in [-0.3, -0.25) is 0 Å².